The molecular weight excluding hydrogens is 314 g/mol. The molecule has 0 aliphatic heterocycles. The molecule has 0 unspecified atom stereocenters. The fraction of sp³-hybridized carbons (Fsp3) is 0.471. The maximum Gasteiger partial charge on any atom is 0.337 e. The van der Waals surface area contributed by atoms with Crippen molar-refractivity contribution in [2.75, 3.05) is 20.8 Å². The highest BCUT2D eigenvalue weighted by Crippen LogP contribution is 2.13. The van der Waals surface area contributed by atoms with Gasteiger partial charge in [0.25, 0.3) is 5.91 Å². The lowest BCUT2D eigenvalue weighted by atomic mass is 10.0. The molecule has 0 bridgehead atoms. The molecule has 1 amide bonds. The Morgan fingerprint density at radius 1 is 1.04 bits per heavy atom. The van der Waals surface area contributed by atoms with Crippen LogP contribution in [0.2, 0.25) is 0 Å². The Balaban J connectivity index is 2.55. The molecule has 132 valence electrons. The molecule has 1 aromatic carbocycles. The zero-order valence-electron chi connectivity index (χ0n) is 14.3. The van der Waals surface area contributed by atoms with Crippen LogP contribution >= 0.6 is 0 Å². The number of hydrogen-bond donors (Lipinski definition) is 1. The monoisotopic (exact) mass is 337 g/mol. The van der Waals surface area contributed by atoms with Gasteiger partial charge in [-0.05, 0) is 36.6 Å². The third-order valence-corrected chi connectivity index (χ3v) is 3.17. The van der Waals surface area contributed by atoms with Crippen LogP contribution in [-0.4, -0.2) is 44.7 Å². The first-order valence-electron chi connectivity index (χ1n) is 7.55. The molecule has 0 aliphatic rings. The summed E-state index contributed by atoms with van der Waals surface area (Å²) < 4.78 is 14.6. The first-order valence-corrected chi connectivity index (χ1v) is 7.55. The van der Waals surface area contributed by atoms with Crippen LogP contribution < -0.4 is 10.1 Å². The van der Waals surface area contributed by atoms with Gasteiger partial charge in [0.2, 0.25) is 0 Å². The first-order chi connectivity index (χ1) is 11.4. The molecule has 1 rings (SSSR count). The average molecular weight is 337 g/mol. The Hall–Kier alpha value is -2.57. The SMILES string of the molecule is COC(=O)c1ccc(OCC(=O)N[C@@H](CC(C)C)C(=O)OC)cc1. The maximum atomic E-state index is 11.9. The quantitative estimate of drug-likeness (QED) is 0.724. The molecular formula is C17H23NO6. The number of hydrogen-bond acceptors (Lipinski definition) is 6. The fourth-order valence-corrected chi connectivity index (χ4v) is 2.02. The lowest BCUT2D eigenvalue weighted by molar-refractivity contribution is -0.145. The summed E-state index contributed by atoms with van der Waals surface area (Å²) in [5.74, 6) is -0.714. The number of benzene rings is 1. The molecule has 0 aromatic heterocycles. The number of esters is 2. The topological polar surface area (TPSA) is 90.9 Å². The van der Waals surface area contributed by atoms with Crippen molar-refractivity contribution in [2.24, 2.45) is 5.92 Å². The zero-order valence-corrected chi connectivity index (χ0v) is 14.3. The van der Waals surface area contributed by atoms with Gasteiger partial charge in [-0.1, -0.05) is 13.8 Å². The van der Waals surface area contributed by atoms with Crippen molar-refractivity contribution >= 4 is 17.8 Å². The summed E-state index contributed by atoms with van der Waals surface area (Å²) >= 11 is 0. The number of methoxy groups -OCH3 is 2. The van der Waals surface area contributed by atoms with Gasteiger partial charge in [0.05, 0.1) is 19.8 Å². The number of rotatable bonds is 8. The number of amides is 1. The van der Waals surface area contributed by atoms with Crippen molar-refractivity contribution in [2.45, 2.75) is 26.3 Å². The van der Waals surface area contributed by atoms with Crippen molar-refractivity contribution in [3.63, 3.8) is 0 Å². The van der Waals surface area contributed by atoms with Gasteiger partial charge in [-0.15, -0.1) is 0 Å². The van der Waals surface area contributed by atoms with Crippen molar-refractivity contribution in [1.82, 2.24) is 5.32 Å². The van der Waals surface area contributed by atoms with Crippen LogP contribution in [0.1, 0.15) is 30.6 Å². The van der Waals surface area contributed by atoms with E-state index < -0.39 is 23.9 Å². The van der Waals surface area contributed by atoms with E-state index in [1.165, 1.54) is 26.4 Å². The molecule has 0 saturated heterocycles. The largest absolute Gasteiger partial charge is 0.484 e. The van der Waals surface area contributed by atoms with Gasteiger partial charge in [-0.25, -0.2) is 9.59 Å². The van der Waals surface area contributed by atoms with Crippen LogP contribution in [-0.2, 0) is 19.1 Å². The number of ether oxygens (including phenoxy) is 3. The molecule has 7 nitrogen and oxygen atoms in total. The lowest BCUT2D eigenvalue weighted by Crippen LogP contribution is -2.44. The van der Waals surface area contributed by atoms with Gasteiger partial charge in [0.15, 0.2) is 6.61 Å². The minimum absolute atomic E-state index is 0.223. The summed E-state index contributed by atoms with van der Waals surface area (Å²) in [6.07, 6.45) is 0.478. The van der Waals surface area contributed by atoms with Gasteiger partial charge in [-0.2, -0.15) is 0 Å². The van der Waals surface area contributed by atoms with E-state index in [0.717, 1.165) is 0 Å². The van der Waals surface area contributed by atoms with Gasteiger partial charge < -0.3 is 19.5 Å². The number of carbonyl (C=O) groups excluding carboxylic acids is 3. The van der Waals surface area contributed by atoms with E-state index in [1.807, 2.05) is 13.8 Å². The van der Waals surface area contributed by atoms with Crippen LogP contribution in [0.25, 0.3) is 0 Å². The second-order valence-corrected chi connectivity index (χ2v) is 5.58. The molecule has 0 spiro atoms. The molecule has 0 radical (unpaired) electrons. The predicted molar refractivity (Wildman–Crippen MR) is 86.7 cm³/mol. The minimum Gasteiger partial charge on any atom is -0.484 e. The predicted octanol–water partition coefficient (Wildman–Crippen LogP) is 1.56. The Bertz CT molecular complexity index is 567. The van der Waals surface area contributed by atoms with Crippen molar-refractivity contribution in [1.29, 1.82) is 0 Å². The van der Waals surface area contributed by atoms with E-state index in [4.69, 9.17) is 4.74 Å². The van der Waals surface area contributed by atoms with Crippen LogP contribution in [0.4, 0.5) is 0 Å². The van der Waals surface area contributed by atoms with E-state index in [9.17, 15) is 14.4 Å². The van der Waals surface area contributed by atoms with Crippen LogP contribution in [0, 0.1) is 5.92 Å². The third-order valence-electron chi connectivity index (χ3n) is 3.17. The summed E-state index contributed by atoms with van der Waals surface area (Å²) in [7, 11) is 2.58. The molecule has 7 heteroatoms. The molecule has 0 fully saturated rings. The van der Waals surface area contributed by atoms with Gasteiger partial charge in [0.1, 0.15) is 11.8 Å². The summed E-state index contributed by atoms with van der Waals surface area (Å²) in [5, 5.41) is 2.60. The Morgan fingerprint density at radius 2 is 1.67 bits per heavy atom. The Morgan fingerprint density at radius 3 is 2.17 bits per heavy atom. The van der Waals surface area contributed by atoms with Crippen LogP contribution in [0.5, 0.6) is 5.75 Å². The Labute approximate surface area is 141 Å². The fourth-order valence-electron chi connectivity index (χ4n) is 2.02. The number of nitrogens with one attached hydrogen (secondary N) is 1. The van der Waals surface area contributed by atoms with E-state index in [2.05, 4.69) is 14.8 Å². The standard InChI is InChI=1S/C17H23NO6/c1-11(2)9-14(17(21)23-4)18-15(19)10-24-13-7-5-12(6-8-13)16(20)22-3/h5-8,11,14H,9-10H2,1-4H3,(H,18,19)/t14-/m0/s1. The summed E-state index contributed by atoms with van der Waals surface area (Å²) in [5.41, 5.74) is 0.386. The van der Waals surface area contributed by atoms with Gasteiger partial charge >= 0.3 is 11.9 Å². The molecule has 24 heavy (non-hydrogen) atoms. The molecule has 1 N–H and O–H groups in total. The van der Waals surface area contributed by atoms with Crippen molar-refractivity contribution < 1.29 is 28.6 Å². The Kier molecular flexibility index (Phi) is 7.74. The second-order valence-electron chi connectivity index (χ2n) is 5.58. The summed E-state index contributed by atoms with van der Waals surface area (Å²) in [4.78, 5) is 34.9. The normalized spacial score (nSPS) is 11.5. The highest BCUT2D eigenvalue weighted by molar-refractivity contribution is 5.89. The first kappa shape index (κ1) is 19.5. The van der Waals surface area contributed by atoms with E-state index >= 15 is 0 Å². The summed E-state index contributed by atoms with van der Waals surface area (Å²) in [6.45, 7) is 3.64. The maximum absolute atomic E-state index is 11.9. The molecule has 0 saturated carbocycles. The highest BCUT2D eigenvalue weighted by Gasteiger charge is 2.22. The molecule has 0 aliphatic carbocycles. The minimum atomic E-state index is -0.701. The summed E-state index contributed by atoms with van der Waals surface area (Å²) in [6, 6.07) is 5.49. The van der Waals surface area contributed by atoms with E-state index in [-0.39, 0.29) is 12.5 Å². The van der Waals surface area contributed by atoms with E-state index in [0.29, 0.717) is 17.7 Å². The molecule has 1 atom stereocenters. The number of carbonyl (C=O) groups is 3. The zero-order chi connectivity index (χ0) is 18.1. The van der Waals surface area contributed by atoms with Crippen LogP contribution in [0.15, 0.2) is 24.3 Å². The smallest absolute Gasteiger partial charge is 0.337 e. The van der Waals surface area contributed by atoms with Crippen LogP contribution in [0.3, 0.4) is 0 Å². The lowest BCUT2D eigenvalue weighted by Gasteiger charge is -2.18. The highest BCUT2D eigenvalue weighted by atomic mass is 16.5. The van der Waals surface area contributed by atoms with Gasteiger partial charge in [0, 0.05) is 0 Å². The van der Waals surface area contributed by atoms with Gasteiger partial charge in [-0.3, -0.25) is 4.79 Å². The third kappa shape index (κ3) is 6.28. The van der Waals surface area contributed by atoms with Crippen molar-refractivity contribution in [3.8, 4) is 5.75 Å². The molecule has 1 aromatic rings. The van der Waals surface area contributed by atoms with E-state index in [1.54, 1.807) is 12.1 Å². The average Bonchev–Trinajstić information content (AvgIpc) is 2.58. The second kappa shape index (κ2) is 9.54. The molecule has 0 heterocycles. The van der Waals surface area contributed by atoms with Crippen molar-refractivity contribution in [3.05, 3.63) is 29.8 Å².